The van der Waals surface area contributed by atoms with Gasteiger partial charge in [-0.1, -0.05) is 36.3 Å². The fourth-order valence-electron chi connectivity index (χ4n) is 2.10. The number of rotatable bonds is 6. The molecule has 1 aromatic heterocycles. The lowest BCUT2D eigenvalue weighted by Crippen LogP contribution is -2.20. The Morgan fingerprint density at radius 2 is 2.00 bits per heavy atom. The predicted octanol–water partition coefficient (Wildman–Crippen LogP) is 3.32. The van der Waals surface area contributed by atoms with Gasteiger partial charge in [-0.05, 0) is 30.3 Å². The van der Waals surface area contributed by atoms with Gasteiger partial charge in [-0.2, -0.15) is 4.98 Å². The monoisotopic (exact) mass is 323 g/mol. The number of benzene rings is 2. The van der Waals surface area contributed by atoms with Crippen LogP contribution in [-0.4, -0.2) is 22.7 Å². The molecule has 6 heteroatoms. The highest BCUT2D eigenvalue weighted by Crippen LogP contribution is 2.22. The van der Waals surface area contributed by atoms with E-state index in [1.54, 1.807) is 12.1 Å². The van der Waals surface area contributed by atoms with E-state index in [0.717, 1.165) is 11.3 Å². The Balaban J connectivity index is 1.61. The molecule has 0 bridgehead atoms. The topological polar surface area (TPSA) is 77.2 Å². The zero-order chi connectivity index (χ0) is 16.8. The largest absolute Gasteiger partial charge is 0.484 e. The molecule has 122 valence electrons. The van der Waals surface area contributed by atoms with Gasteiger partial charge >= 0.3 is 0 Å². The molecule has 1 amide bonds. The smallest absolute Gasteiger partial charge is 0.262 e. The standard InChI is InChI=1S/C18H17N3O3/c1-2-16-20-18(24-21-16)13-7-6-10-15(11-13)23-12-17(22)19-14-8-4-3-5-9-14/h3-11H,2,12H2,1H3,(H,19,22). The molecule has 1 N–H and O–H groups in total. The van der Waals surface area contributed by atoms with Gasteiger partial charge in [0.15, 0.2) is 12.4 Å². The summed E-state index contributed by atoms with van der Waals surface area (Å²) in [4.78, 5) is 16.2. The Morgan fingerprint density at radius 1 is 1.17 bits per heavy atom. The van der Waals surface area contributed by atoms with Crippen LogP contribution in [0, 0.1) is 0 Å². The van der Waals surface area contributed by atoms with Crippen LogP contribution < -0.4 is 10.1 Å². The second-order valence-corrected chi connectivity index (χ2v) is 5.10. The molecular weight excluding hydrogens is 306 g/mol. The summed E-state index contributed by atoms with van der Waals surface area (Å²) >= 11 is 0. The summed E-state index contributed by atoms with van der Waals surface area (Å²) in [7, 11) is 0. The van der Waals surface area contributed by atoms with Crippen molar-refractivity contribution in [1.29, 1.82) is 0 Å². The van der Waals surface area contributed by atoms with E-state index in [1.807, 2.05) is 49.4 Å². The molecule has 24 heavy (non-hydrogen) atoms. The third-order valence-electron chi connectivity index (χ3n) is 3.29. The third kappa shape index (κ3) is 3.98. The SMILES string of the molecule is CCc1noc(-c2cccc(OCC(=O)Nc3ccccc3)c2)n1. The first-order valence-electron chi connectivity index (χ1n) is 7.65. The predicted molar refractivity (Wildman–Crippen MR) is 89.7 cm³/mol. The number of nitrogens with zero attached hydrogens (tertiary/aromatic N) is 2. The van der Waals surface area contributed by atoms with Crippen LogP contribution >= 0.6 is 0 Å². The van der Waals surface area contributed by atoms with Gasteiger partial charge in [0.2, 0.25) is 0 Å². The van der Waals surface area contributed by atoms with Crippen LogP contribution in [0.1, 0.15) is 12.7 Å². The third-order valence-corrected chi connectivity index (χ3v) is 3.29. The molecule has 0 unspecified atom stereocenters. The minimum Gasteiger partial charge on any atom is -0.484 e. The van der Waals surface area contributed by atoms with E-state index in [1.165, 1.54) is 0 Å². The number of ether oxygens (including phenoxy) is 1. The van der Waals surface area contributed by atoms with Crippen molar-refractivity contribution >= 4 is 11.6 Å². The van der Waals surface area contributed by atoms with Gasteiger partial charge in [0.1, 0.15) is 5.75 Å². The lowest BCUT2D eigenvalue weighted by Gasteiger charge is -2.08. The molecular formula is C18H17N3O3. The summed E-state index contributed by atoms with van der Waals surface area (Å²) in [6.07, 6.45) is 0.708. The van der Waals surface area contributed by atoms with Crippen LogP contribution in [-0.2, 0) is 11.2 Å². The van der Waals surface area contributed by atoms with E-state index >= 15 is 0 Å². The van der Waals surface area contributed by atoms with E-state index in [4.69, 9.17) is 9.26 Å². The molecule has 0 fully saturated rings. The molecule has 0 atom stereocenters. The average molecular weight is 323 g/mol. The van der Waals surface area contributed by atoms with Gasteiger partial charge in [0.25, 0.3) is 11.8 Å². The van der Waals surface area contributed by atoms with Crippen LogP contribution in [0.5, 0.6) is 5.75 Å². The molecule has 0 radical (unpaired) electrons. The fourth-order valence-corrected chi connectivity index (χ4v) is 2.10. The van der Waals surface area contributed by atoms with Crippen molar-refractivity contribution in [2.24, 2.45) is 0 Å². The van der Waals surface area contributed by atoms with Crippen molar-refractivity contribution in [3.05, 3.63) is 60.4 Å². The Bertz CT molecular complexity index is 815. The van der Waals surface area contributed by atoms with Gasteiger partial charge in [0, 0.05) is 17.7 Å². The van der Waals surface area contributed by atoms with Crippen LogP contribution in [0.4, 0.5) is 5.69 Å². The molecule has 0 aliphatic carbocycles. The zero-order valence-corrected chi connectivity index (χ0v) is 13.2. The Hall–Kier alpha value is -3.15. The second kappa shape index (κ2) is 7.41. The fraction of sp³-hybridized carbons (Fsp3) is 0.167. The van der Waals surface area contributed by atoms with Gasteiger partial charge in [-0.25, -0.2) is 0 Å². The molecule has 0 aliphatic heterocycles. The number of aromatic nitrogens is 2. The molecule has 0 saturated heterocycles. The number of aryl methyl sites for hydroxylation is 1. The summed E-state index contributed by atoms with van der Waals surface area (Å²) in [6, 6.07) is 16.4. The van der Waals surface area contributed by atoms with Crippen molar-refractivity contribution in [3.8, 4) is 17.2 Å². The number of anilines is 1. The summed E-state index contributed by atoms with van der Waals surface area (Å²) in [5.41, 5.74) is 1.49. The highest BCUT2D eigenvalue weighted by molar-refractivity contribution is 5.91. The Labute approximate surface area is 139 Å². The molecule has 3 aromatic rings. The normalized spacial score (nSPS) is 10.4. The number of carbonyl (C=O) groups excluding carboxylic acids is 1. The first kappa shape index (κ1) is 15.7. The second-order valence-electron chi connectivity index (χ2n) is 5.10. The molecule has 0 saturated carbocycles. The van der Waals surface area contributed by atoms with E-state index < -0.39 is 0 Å². The van der Waals surface area contributed by atoms with Crippen molar-refractivity contribution in [2.75, 3.05) is 11.9 Å². The van der Waals surface area contributed by atoms with E-state index in [9.17, 15) is 4.79 Å². The van der Waals surface area contributed by atoms with E-state index in [-0.39, 0.29) is 12.5 Å². The number of nitrogens with one attached hydrogen (secondary N) is 1. The molecule has 0 spiro atoms. The van der Waals surface area contributed by atoms with Gasteiger partial charge < -0.3 is 14.6 Å². The maximum Gasteiger partial charge on any atom is 0.262 e. The van der Waals surface area contributed by atoms with Crippen LogP contribution in [0.15, 0.2) is 59.1 Å². The maximum atomic E-state index is 11.9. The maximum absolute atomic E-state index is 11.9. The quantitative estimate of drug-likeness (QED) is 0.753. The highest BCUT2D eigenvalue weighted by Gasteiger charge is 2.09. The number of hydrogen-bond acceptors (Lipinski definition) is 5. The molecule has 0 aliphatic rings. The number of amides is 1. The highest BCUT2D eigenvalue weighted by atomic mass is 16.5. The lowest BCUT2D eigenvalue weighted by molar-refractivity contribution is -0.118. The van der Waals surface area contributed by atoms with E-state index in [2.05, 4.69) is 15.5 Å². The summed E-state index contributed by atoms with van der Waals surface area (Å²) in [5, 5.41) is 6.64. The molecule has 6 nitrogen and oxygen atoms in total. The van der Waals surface area contributed by atoms with Gasteiger partial charge in [-0.3, -0.25) is 4.79 Å². The van der Waals surface area contributed by atoms with Crippen molar-refractivity contribution < 1.29 is 14.1 Å². The number of para-hydroxylation sites is 1. The van der Waals surface area contributed by atoms with Crippen molar-refractivity contribution in [3.63, 3.8) is 0 Å². The minimum absolute atomic E-state index is 0.0810. The van der Waals surface area contributed by atoms with Crippen LogP contribution in [0.2, 0.25) is 0 Å². The molecule has 1 heterocycles. The molecule has 2 aromatic carbocycles. The van der Waals surface area contributed by atoms with Crippen LogP contribution in [0.25, 0.3) is 11.5 Å². The minimum atomic E-state index is -0.224. The van der Waals surface area contributed by atoms with E-state index in [0.29, 0.717) is 23.9 Å². The summed E-state index contributed by atoms with van der Waals surface area (Å²) in [5.74, 6) is 1.43. The first-order valence-corrected chi connectivity index (χ1v) is 7.65. The zero-order valence-electron chi connectivity index (χ0n) is 13.2. The number of hydrogen-bond donors (Lipinski definition) is 1. The Kier molecular flexibility index (Phi) is 4.86. The van der Waals surface area contributed by atoms with Gasteiger partial charge in [0.05, 0.1) is 0 Å². The van der Waals surface area contributed by atoms with Gasteiger partial charge in [-0.15, -0.1) is 0 Å². The van der Waals surface area contributed by atoms with Crippen molar-refractivity contribution in [2.45, 2.75) is 13.3 Å². The first-order chi connectivity index (χ1) is 11.7. The van der Waals surface area contributed by atoms with Crippen molar-refractivity contribution in [1.82, 2.24) is 10.1 Å². The lowest BCUT2D eigenvalue weighted by atomic mass is 10.2. The van der Waals surface area contributed by atoms with Crippen LogP contribution in [0.3, 0.4) is 0 Å². The Morgan fingerprint density at radius 3 is 2.75 bits per heavy atom. The molecule has 3 rings (SSSR count). The number of carbonyl (C=O) groups is 1. The summed E-state index contributed by atoms with van der Waals surface area (Å²) < 4.78 is 10.7. The summed E-state index contributed by atoms with van der Waals surface area (Å²) in [6.45, 7) is 1.88. The average Bonchev–Trinajstić information content (AvgIpc) is 3.10.